The van der Waals surface area contributed by atoms with Crippen molar-refractivity contribution in [3.05, 3.63) is 0 Å². The number of hydrogen-bond acceptors (Lipinski definition) is 8. The Labute approximate surface area is 238 Å². The maximum Gasteiger partial charge on any atom is 0.472 e. The summed E-state index contributed by atoms with van der Waals surface area (Å²) in [5, 5.41) is 11.4. The van der Waals surface area contributed by atoms with Gasteiger partial charge < -0.3 is 20.2 Å². The van der Waals surface area contributed by atoms with Gasteiger partial charge in [0, 0.05) is 6.42 Å². The number of carboxylic acids is 1. The van der Waals surface area contributed by atoms with Crippen LogP contribution < -0.4 is 5.32 Å². The third-order valence-electron chi connectivity index (χ3n) is 3.66. The molecule has 0 fully saturated rings. The van der Waals surface area contributed by atoms with E-state index >= 15 is 0 Å². The van der Waals surface area contributed by atoms with Gasteiger partial charge in [-0.25, -0.2) is 13.9 Å². The van der Waals surface area contributed by atoms with Gasteiger partial charge in [-0.15, -0.1) is 0 Å². The molecule has 0 aromatic heterocycles. The molecule has 242 valence electrons. The highest BCUT2D eigenvalue weighted by atomic mass is 31.2. The average molecular weight is 614 g/mol. The minimum absolute atomic E-state index is 0. The fourth-order valence-corrected chi connectivity index (χ4v) is 4.19. The molecular formula is C25H61NO11P2. The molecule has 1 amide bonds. The van der Waals surface area contributed by atoms with Gasteiger partial charge in [-0.1, -0.05) is 85.1 Å². The molecule has 3 unspecified atom stereocenters. The lowest BCUT2D eigenvalue weighted by atomic mass is 10.1. The van der Waals surface area contributed by atoms with E-state index in [4.69, 9.17) is 28.1 Å². The fraction of sp³-hybridized carbons (Fsp3) is 0.920. The summed E-state index contributed by atoms with van der Waals surface area (Å²) in [6.07, 6.45) is -1.08. The molecule has 3 atom stereocenters. The number of phosphoric ester groups is 2. The Kier molecular flexibility index (Phi) is 32.5. The molecule has 0 aliphatic carbocycles. The number of carbonyl (C=O) groups excluding carboxylic acids is 1. The predicted octanol–water partition coefficient (Wildman–Crippen LogP) is 6.76. The minimum atomic E-state index is -4.38. The zero-order chi connectivity index (χ0) is 28.0. The van der Waals surface area contributed by atoms with Crippen molar-refractivity contribution < 1.29 is 51.7 Å². The van der Waals surface area contributed by atoms with Gasteiger partial charge in [0.05, 0.1) is 25.9 Å². The first-order chi connectivity index (χ1) is 15.8. The summed E-state index contributed by atoms with van der Waals surface area (Å²) in [6.45, 7) is 16.6. The summed E-state index contributed by atoms with van der Waals surface area (Å²) in [6, 6.07) is -1.44. The highest BCUT2D eigenvalue weighted by Crippen LogP contribution is 2.45. The van der Waals surface area contributed by atoms with Crippen molar-refractivity contribution in [3.8, 4) is 0 Å². The Balaban J connectivity index is -0.000000140. The molecule has 39 heavy (non-hydrogen) atoms. The summed E-state index contributed by atoms with van der Waals surface area (Å²) in [4.78, 5) is 41.5. The van der Waals surface area contributed by atoms with E-state index in [1.54, 1.807) is 13.8 Å². The number of amides is 1. The van der Waals surface area contributed by atoms with Crippen molar-refractivity contribution in [2.24, 2.45) is 23.7 Å². The van der Waals surface area contributed by atoms with Crippen LogP contribution in [0.25, 0.3) is 0 Å². The third-order valence-corrected chi connectivity index (χ3v) is 5.68. The second kappa shape index (κ2) is 24.9. The number of hydrogen-bond donors (Lipinski definition) is 4. The lowest BCUT2D eigenvalue weighted by Crippen LogP contribution is -2.48. The van der Waals surface area contributed by atoms with E-state index < -0.39 is 39.7 Å². The number of nitrogens with one attached hydrogen (secondary N) is 1. The molecule has 0 heterocycles. The molecule has 0 radical (unpaired) electrons. The van der Waals surface area contributed by atoms with E-state index in [1.807, 2.05) is 41.5 Å². The predicted molar refractivity (Wildman–Crippen MR) is 159 cm³/mol. The smallest absolute Gasteiger partial charge is 0.472 e. The van der Waals surface area contributed by atoms with Crippen molar-refractivity contribution in [1.29, 1.82) is 0 Å². The van der Waals surface area contributed by atoms with Crippen LogP contribution in [-0.2, 0) is 36.8 Å². The SMILES string of the molecule is C.C.C.C.CC(C)COP(=O)(O)OC(C)C(NC(=O)CC(C)C)C(=O)O.CC(C)COP(=O)(O)OCC(C)C. The molecule has 0 aliphatic rings. The van der Waals surface area contributed by atoms with E-state index in [0.29, 0.717) is 0 Å². The summed E-state index contributed by atoms with van der Waals surface area (Å²) < 4.78 is 41.9. The van der Waals surface area contributed by atoms with E-state index in [-0.39, 0.29) is 79.6 Å². The maximum atomic E-state index is 11.7. The van der Waals surface area contributed by atoms with Crippen molar-refractivity contribution in [2.75, 3.05) is 19.8 Å². The summed E-state index contributed by atoms with van der Waals surface area (Å²) in [5.41, 5.74) is 0. The van der Waals surface area contributed by atoms with Crippen molar-refractivity contribution in [3.63, 3.8) is 0 Å². The van der Waals surface area contributed by atoms with E-state index in [2.05, 4.69) is 5.32 Å². The van der Waals surface area contributed by atoms with Crippen LogP contribution in [0.15, 0.2) is 0 Å². The Morgan fingerprint density at radius 2 is 1.00 bits per heavy atom. The molecule has 0 saturated heterocycles. The molecule has 0 spiro atoms. The Morgan fingerprint density at radius 1 is 0.667 bits per heavy atom. The van der Waals surface area contributed by atoms with E-state index in [1.165, 1.54) is 6.92 Å². The molecule has 0 aromatic rings. The number of carbonyl (C=O) groups is 2. The topological polar surface area (TPSA) is 178 Å². The van der Waals surface area contributed by atoms with Crippen LogP contribution in [0.4, 0.5) is 0 Å². The van der Waals surface area contributed by atoms with E-state index in [9.17, 15) is 23.6 Å². The quantitative estimate of drug-likeness (QED) is 0.135. The second-order valence-corrected chi connectivity index (χ2v) is 12.7. The third kappa shape index (κ3) is 31.5. The van der Waals surface area contributed by atoms with Crippen LogP contribution in [-0.4, -0.2) is 58.7 Å². The van der Waals surface area contributed by atoms with Crippen LogP contribution in [0.5, 0.6) is 0 Å². The van der Waals surface area contributed by atoms with Crippen molar-refractivity contribution >= 4 is 27.5 Å². The van der Waals surface area contributed by atoms with Crippen LogP contribution in [0.3, 0.4) is 0 Å². The molecule has 0 rings (SSSR count). The number of aliphatic carboxylic acids is 1. The average Bonchev–Trinajstić information content (AvgIpc) is 2.67. The van der Waals surface area contributed by atoms with Gasteiger partial charge in [0.1, 0.15) is 0 Å². The highest BCUT2D eigenvalue weighted by molar-refractivity contribution is 7.47. The van der Waals surface area contributed by atoms with Gasteiger partial charge in [-0.2, -0.15) is 0 Å². The standard InChI is InChI=1S/C13H26NO7P.C8H19O4P.4CH4/c1-8(2)6-11(15)14-12(13(16)17)10(5)21-22(18,19)20-7-9(3)4;1-7(2)5-11-13(9,10)12-6-8(3)4;;;;/h8-10,12H,6-7H2,1-5H3,(H,14,15)(H,16,17)(H,18,19);7-8H,5-6H2,1-4H3,(H,9,10);4*1H4. The molecule has 14 heteroatoms. The van der Waals surface area contributed by atoms with Crippen molar-refractivity contribution in [1.82, 2.24) is 5.32 Å². The number of rotatable bonds is 16. The van der Waals surface area contributed by atoms with Gasteiger partial charge in [0.15, 0.2) is 6.04 Å². The first-order valence-electron chi connectivity index (χ1n) is 11.6. The molecule has 0 saturated carbocycles. The number of phosphoric acid groups is 2. The van der Waals surface area contributed by atoms with Gasteiger partial charge in [-0.3, -0.25) is 22.9 Å². The first kappa shape index (κ1) is 50.9. The second-order valence-electron chi connectivity index (χ2n) is 9.80. The molecular weight excluding hydrogens is 552 g/mol. The van der Waals surface area contributed by atoms with Gasteiger partial charge in [0.2, 0.25) is 5.91 Å². The maximum absolute atomic E-state index is 11.7. The normalized spacial score (nSPS) is 13.9. The monoisotopic (exact) mass is 613 g/mol. The molecule has 0 bridgehead atoms. The van der Waals surface area contributed by atoms with Crippen LogP contribution in [0.1, 0.15) is 98.4 Å². The van der Waals surface area contributed by atoms with E-state index in [0.717, 1.165) is 0 Å². The highest BCUT2D eigenvalue weighted by Gasteiger charge is 2.34. The number of carboxylic acid groups (broad SMARTS) is 1. The van der Waals surface area contributed by atoms with Gasteiger partial charge in [-0.05, 0) is 30.6 Å². The summed E-state index contributed by atoms with van der Waals surface area (Å²) in [5.74, 6) is -1.29. The lowest BCUT2D eigenvalue weighted by Gasteiger charge is -2.24. The Morgan fingerprint density at radius 3 is 1.28 bits per heavy atom. The lowest BCUT2D eigenvalue weighted by molar-refractivity contribution is -0.144. The fourth-order valence-electron chi connectivity index (χ4n) is 2.05. The first-order valence-corrected chi connectivity index (χ1v) is 14.6. The van der Waals surface area contributed by atoms with Gasteiger partial charge in [0.25, 0.3) is 0 Å². The van der Waals surface area contributed by atoms with Crippen LogP contribution >= 0.6 is 15.6 Å². The zero-order valence-electron chi connectivity index (χ0n) is 22.3. The molecule has 0 aromatic carbocycles. The summed E-state index contributed by atoms with van der Waals surface area (Å²) in [7, 11) is -8.18. The largest absolute Gasteiger partial charge is 0.480 e. The van der Waals surface area contributed by atoms with Crippen LogP contribution in [0.2, 0.25) is 0 Å². The van der Waals surface area contributed by atoms with Crippen molar-refractivity contribution in [2.45, 2.75) is 111 Å². The Bertz CT molecular complexity index is 700. The molecule has 12 nitrogen and oxygen atoms in total. The zero-order valence-corrected chi connectivity index (χ0v) is 24.1. The van der Waals surface area contributed by atoms with Crippen LogP contribution in [0, 0.1) is 23.7 Å². The molecule has 0 aliphatic heterocycles. The Hall–Kier alpha value is -0.840. The van der Waals surface area contributed by atoms with Gasteiger partial charge >= 0.3 is 21.6 Å². The molecule has 4 N–H and O–H groups in total. The summed E-state index contributed by atoms with van der Waals surface area (Å²) >= 11 is 0. The minimum Gasteiger partial charge on any atom is -0.480 e.